The lowest BCUT2D eigenvalue weighted by molar-refractivity contribution is -0.137. The number of hydrogen-bond donors (Lipinski definition) is 2. The highest BCUT2D eigenvalue weighted by atomic mass is 32.2. The molecule has 0 atom stereocenters. The van der Waals surface area contributed by atoms with Crippen molar-refractivity contribution in [1.82, 2.24) is 5.32 Å². The third kappa shape index (κ3) is 5.42. The van der Waals surface area contributed by atoms with Gasteiger partial charge >= 0.3 is 6.18 Å². The van der Waals surface area contributed by atoms with Crippen molar-refractivity contribution < 1.29 is 22.8 Å². The molecule has 0 heterocycles. The van der Waals surface area contributed by atoms with Gasteiger partial charge in [0, 0.05) is 33.7 Å². The molecule has 0 aliphatic heterocycles. The summed E-state index contributed by atoms with van der Waals surface area (Å²) in [7, 11) is 1.56. The zero-order valence-electron chi connectivity index (χ0n) is 15.8. The SMILES string of the molecule is CNC(=O)c1cccc(Sc2ccc(NC(=O)c3cccc(C(F)(F)F)c3)cc2)c1. The van der Waals surface area contributed by atoms with Gasteiger partial charge in [0.2, 0.25) is 0 Å². The zero-order chi connectivity index (χ0) is 21.7. The summed E-state index contributed by atoms with van der Waals surface area (Å²) in [6.07, 6.45) is -4.51. The molecule has 30 heavy (non-hydrogen) atoms. The third-order valence-electron chi connectivity index (χ3n) is 4.12. The van der Waals surface area contributed by atoms with Crippen LogP contribution in [-0.4, -0.2) is 18.9 Å². The summed E-state index contributed by atoms with van der Waals surface area (Å²) in [6, 6.07) is 18.3. The first kappa shape index (κ1) is 21.4. The Labute approximate surface area is 175 Å². The van der Waals surface area contributed by atoms with Crippen LogP contribution in [0.15, 0.2) is 82.6 Å². The molecule has 0 aliphatic rings. The lowest BCUT2D eigenvalue weighted by Crippen LogP contribution is -2.17. The van der Waals surface area contributed by atoms with Crippen LogP contribution in [-0.2, 0) is 6.18 Å². The summed E-state index contributed by atoms with van der Waals surface area (Å²) in [5, 5.41) is 5.16. The molecule has 3 aromatic rings. The van der Waals surface area contributed by atoms with E-state index in [9.17, 15) is 22.8 Å². The fraction of sp³-hybridized carbons (Fsp3) is 0.0909. The van der Waals surface area contributed by atoms with E-state index in [2.05, 4.69) is 10.6 Å². The first-order valence-electron chi connectivity index (χ1n) is 8.85. The quantitative estimate of drug-likeness (QED) is 0.565. The molecule has 2 N–H and O–H groups in total. The molecule has 3 aromatic carbocycles. The Balaban J connectivity index is 1.68. The second-order valence-corrected chi connectivity index (χ2v) is 7.41. The van der Waals surface area contributed by atoms with Crippen LogP contribution < -0.4 is 10.6 Å². The summed E-state index contributed by atoms with van der Waals surface area (Å²) >= 11 is 1.44. The monoisotopic (exact) mass is 430 g/mol. The minimum atomic E-state index is -4.51. The largest absolute Gasteiger partial charge is 0.416 e. The number of nitrogens with one attached hydrogen (secondary N) is 2. The molecule has 0 saturated carbocycles. The summed E-state index contributed by atoms with van der Waals surface area (Å²) in [4.78, 5) is 25.8. The average Bonchev–Trinajstić information content (AvgIpc) is 2.74. The molecule has 0 aliphatic carbocycles. The van der Waals surface area contributed by atoms with Gasteiger partial charge in [0.1, 0.15) is 0 Å². The molecule has 2 amide bonds. The molecule has 8 heteroatoms. The van der Waals surface area contributed by atoms with E-state index in [0.29, 0.717) is 11.3 Å². The molecule has 154 valence electrons. The van der Waals surface area contributed by atoms with Gasteiger partial charge in [0.15, 0.2) is 0 Å². The van der Waals surface area contributed by atoms with E-state index in [1.807, 2.05) is 6.07 Å². The maximum atomic E-state index is 12.8. The molecule has 4 nitrogen and oxygen atoms in total. The van der Waals surface area contributed by atoms with Gasteiger partial charge in [-0.3, -0.25) is 9.59 Å². The van der Waals surface area contributed by atoms with E-state index < -0.39 is 17.6 Å². The number of alkyl halides is 3. The minimum absolute atomic E-state index is 0.0747. The lowest BCUT2D eigenvalue weighted by atomic mass is 10.1. The van der Waals surface area contributed by atoms with Crippen LogP contribution in [0.4, 0.5) is 18.9 Å². The number of rotatable bonds is 5. The van der Waals surface area contributed by atoms with E-state index in [1.165, 1.54) is 23.9 Å². The van der Waals surface area contributed by atoms with E-state index in [-0.39, 0.29) is 11.5 Å². The van der Waals surface area contributed by atoms with Crippen molar-refractivity contribution in [3.63, 3.8) is 0 Å². The van der Waals surface area contributed by atoms with Crippen LogP contribution in [0.3, 0.4) is 0 Å². The first-order chi connectivity index (χ1) is 14.3. The number of halogens is 3. The van der Waals surface area contributed by atoms with Gasteiger partial charge in [-0.2, -0.15) is 13.2 Å². The predicted molar refractivity (Wildman–Crippen MR) is 110 cm³/mol. The number of hydrogen-bond acceptors (Lipinski definition) is 3. The van der Waals surface area contributed by atoms with Crippen LogP contribution in [0, 0.1) is 0 Å². The lowest BCUT2D eigenvalue weighted by Gasteiger charge is -2.10. The van der Waals surface area contributed by atoms with Crippen molar-refractivity contribution in [1.29, 1.82) is 0 Å². The van der Waals surface area contributed by atoms with Gasteiger partial charge in [-0.25, -0.2) is 0 Å². The summed E-state index contributed by atoms with van der Waals surface area (Å²) in [6.45, 7) is 0. The number of carbonyl (C=O) groups is 2. The average molecular weight is 430 g/mol. The molecule has 0 fully saturated rings. The van der Waals surface area contributed by atoms with Crippen molar-refractivity contribution >= 4 is 29.3 Å². The maximum absolute atomic E-state index is 12.8. The Hall–Kier alpha value is -3.26. The van der Waals surface area contributed by atoms with E-state index in [0.717, 1.165) is 21.9 Å². The highest BCUT2D eigenvalue weighted by Crippen LogP contribution is 2.31. The molecule has 0 radical (unpaired) electrons. The molecule has 0 unspecified atom stereocenters. The highest BCUT2D eigenvalue weighted by Gasteiger charge is 2.30. The van der Waals surface area contributed by atoms with Gasteiger partial charge in [-0.1, -0.05) is 23.9 Å². The molecular formula is C22H17F3N2O2S. The van der Waals surface area contributed by atoms with Crippen molar-refractivity contribution in [3.8, 4) is 0 Å². The van der Waals surface area contributed by atoms with Crippen molar-refractivity contribution in [3.05, 3.63) is 89.5 Å². The van der Waals surface area contributed by atoms with Crippen LogP contribution in [0.25, 0.3) is 0 Å². The second-order valence-electron chi connectivity index (χ2n) is 6.27. The van der Waals surface area contributed by atoms with Crippen LogP contribution in [0.5, 0.6) is 0 Å². The van der Waals surface area contributed by atoms with Crippen molar-refractivity contribution in [2.24, 2.45) is 0 Å². The first-order valence-corrected chi connectivity index (χ1v) is 9.66. The summed E-state index contributed by atoms with van der Waals surface area (Å²) < 4.78 is 38.4. The van der Waals surface area contributed by atoms with Gasteiger partial charge in [-0.15, -0.1) is 0 Å². The van der Waals surface area contributed by atoms with E-state index >= 15 is 0 Å². The normalized spacial score (nSPS) is 11.1. The molecule has 0 spiro atoms. The van der Waals surface area contributed by atoms with Crippen molar-refractivity contribution in [2.45, 2.75) is 16.0 Å². The Morgan fingerprint density at radius 2 is 1.43 bits per heavy atom. The number of amides is 2. The fourth-order valence-electron chi connectivity index (χ4n) is 2.63. The Morgan fingerprint density at radius 3 is 2.07 bits per heavy atom. The summed E-state index contributed by atoms with van der Waals surface area (Å²) in [5.74, 6) is -0.801. The standard InChI is InChI=1S/C22H17F3N2O2S/c1-26-20(28)15-5-3-7-19(13-15)30-18-10-8-17(9-11-18)27-21(29)14-4-2-6-16(12-14)22(23,24)25/h2-13H,1H3,(H,26,28)(H,27,29). The zero-order valence-corrected chi connectivity index (χ0v) is 16.6. The maximum Gasteiger partial charge on any atom is 0.416 e. The molecule has 3 rings (SSSR count). The van der Waals surface area contributed by atoms with Gasteiger partial charge in [-0.05, 0) is 60.7 Å². The fourth-order valence-corrected chi connectivity index (χ4v) is 3.50. The Kier molecular flexibility index (Phi) is 6.47. The van der Waals surface area contributed by atoms with Crippen LogP contribution in [0.2, 0.25) is 0 Å². The molecule has 0 bridgehead atoms. The van der Waals surface area contributed by atoms with Gasteiger partial charge < -0.3 is 10.6 Å². The number of anilines is 1. The highest BCUT2D eigenvalue weighted by molar-refractivity contribution is 7.99. The predicted octanol–water partition coefficient (Wildman–Crippen LogP) is 5.47. The van der Waals surface area contributed by atoms with Crippen LogP contribution in [0.1, 0.15) is 26.3 Å². The Morgan fingerprint density at radius 1 is 0.800 bits per heavy atom. The van der Waals surface area contributed by atoms with Gasteiger partial charge in [0.25, 0.3) is 11.8 Å². The molecule has 0 saturated heterocycles. The second kappa shape index (κ2) is 9.04. The smallest absolute Gasteiger partial charge is 0.355 e. The summed E-state index contributed by atoms with van der Waals surface area (Å²) in [5.41, 5.74) is 0.0588. The topological polar surface area (TPSA) is 58.2 Å². The van der Waals surface area contributed by atoms with E-state index in [1.54, 1.807) is 49.5 Å². The van der Waals surface area contributed by atoms with Crippen molar-refractivity contribution in [2.75, 3.05) is 12.4 Å². The number of benzene rings is 3. The van der Waals surface area contributed by atoms with Gasteiger partial charge in [0.05, 0.1) is 5.56 Å². The molecule has 0 aromatic heterocycles. The minimum Gasteiger partial charge on any atom is -0.355 e. The number of carbonyl (C=O) groups excluding carboxylic acids is 2. The van der Waals surface area contributed by atoms with Crippen LogP contribution >= 0.6 is 11.8 Å². The van der Waals surface area contributed by atoms with E-state index in [4.69, 9.17) is 0 Å². The third-order valence-corrected chi connectivity index (χ3v) is 5.12. The Bertz CT molecular complexity index is 1070. The molecular weight excluding hydrogens is 413 g/mol.